The molecule has 0 saturated heterocycles. The van der Waals surface area contributed by atoms with Gasteiger partial charge in [0, 0.05) is 32.6 Å². The molecule has 0 atom stereocenters. The third kappa shape index (κ3) is 6.41. The molecule has 4 aromatic carbocycles. The maximum atomic E-state index is 12.6. The Morgan fingerprint density at radius 2 is 1.38 bits per heavy atom. The number of carbonyl (C=O) groups excluding carboxylic acids is 1. The Hall–Kier alpha value is -3.26. The van der Waals surface area contributed by atoms with Crippen LogP contribution in [0.2, 0.25) is 5.02 Å². The second-order valence-electron chi connectivity index (χ2n) is 7.39. The van der Waals surface area contributed by atoms with Crippen molar-refractivity contribution in [1.82, 2.24) is 0 Å². The van der Waals surface area contributed by atoms with Gasteiger partial charge >= 0.3 is 0 Å². The van der Waals surface area contributed by atoms with E-state index in [0.29, 0.717) is 22.0 Å². The molecule has 0 fully saturated rings. The summed E-state index contributed by atoms with van der Waals surface area (Å²) in [5, 5.41) is 3.31. The lowest BCUT2D eigenvalue weighted by molar-refractivity contribution is 0.102. The fourth-order valence-electron chi connectivity index (χ4n) is 3.09. The Balaban J connectivity index is 1.35. The van der Waals surface area contributed by atoms with E-state index in [9.17, 15) is 13.2 Å². The average Bonchev–Trinajstić information content (AvgIpc) is 2.85. The van der Waals surface area contributed by atoms with E-state index >= 15 is 0 Å². The van der Waals surface area contributed by atoms with Crippen molar-refractivity contribution in [3.63, 3.8) is 0 Å². The topological polar surface area (TPSA) is 75.3 Å². The Kier molecular flexibility index (Phi) is 7.57. The van der Waals surface area contributed by atoms with E-state index < -0.39 is 10.0 Å². The van der Waals surface area contributed by atoms with Crippen molar-refractivity contribution in [1.29, 1.82) is 0 Å². The van der Waals surface area contributed by atoms with Crippen molar-refractivity contribution in [3.05, 3.63) is 119 Å². The highest BCUT2D eigenvalue weighted by atomic mass is 35.5. The number of halogens is 1. The van der Waals surface area contributed by atoms with E-state index in [4.69, 9.17) is 11.6 Å². The summed E-state index contributed by atoms with van der Waals surface area (Å²) in [7, 11) is -3.76. The molecule has 0 saturated carbocycles. The molecular weight excluding hydrogens is 488 g/mol. The molecule has 0 spiro atoms. The van der Waals surface area contributed by atoms with Gasteiger partial charge < -0.3 is 5.32 Å². The van der Waals surface area contributed by atoms with Gasteiger partial charge in [-0.3, -0.25) is 9.52 Å². The predicted molar refractivity (Wildman–Crippen MR) is 139 cm³/mol. The van der Waals surface area contributed by atoms with Gasteiger partial charge in [0.15, 0.2) is 0 Å². The highest BCUT2D eigenvalue weighted by Gasteiger charge is 2.15. The van der Waals surface area contributed by atoms with Gasteiger partial charge in [-0.2, -0.15) is 0 Å². The third-order valence-corrected chi connectivity index (χ3v) is 7.62. The van der Waals surface area contributed by atoms with E-state index in [1.807, 2.05) is 30.3 Å². The molecule has 0 aliphatic rings. The largest absolute Gasteiger partial charge is 0.322 e. The summed E-state index contributed by atoms with van der Waals surface area (Å²) in [6.45, 7) is 0. The lowest BCUT2D eigenvalue weighted by atomic mass is 10.1. The number of hydrogen-bond donors (Lipinski definition) is 2. The summed E-state index contributed by atoms with van der Waals surface area (Å²) in [6, 6.07) is 29.9. The number of benzene rings is 4. The maximum absolute atomic E-state index is 12.6. The first kappa shape index (κ1) is 23.9. The molecule has 0 bridgehead atoms. The summed E-state index contributed by atoms with van der Waals surface area (Å²) < 4.78 is 27.7. The summed E-state index contributed by atoms with van der Waals surface area (Å²) in [6.07, 6.45) is 0. The highest BCUT2D eigenvalue weighted by molar-refractivity contribution is 7.98. The third-order valence-electron chi connectivity index (χ3n) is 4.88. The molecule has 1 amide bonds. The minimum atomic E-state index is -3.76. The van der Waals surface area contributed by atoms with Gasteiger partial charge in [-0.25, -0.2) is 8.42 Å². The molecule has 0 aliphatic carbocycles. The summed E-state index contributed by atoms with van der Waals surface area (Å²) >= 11 is 7.57. The van der Waals surface area contributed by atoms with Crippen LogP contribution in [0, 0.1) is 0 Å². The van der Waals surface area contributed by atoms with Crippen LogP contribution in [0.15, 0.2) is 113 Å². The molecule has 8 heteroatoms. The minimum Gasteiger partial charge on any atom is -0.322 e. The fourth-order valence-corrected chi connectivity index (χ4v) is 5.15. The molecule has 4 rings (SSSR count). The molecule has 0 radical (unpaired) electrons. The second-order valence-corrected chi connectivity index (χ2v) is 10.6. The van der Waals surface area contributed by atoms with Gasteiger partial charge in [0.25, 0.3) is 15.9 Å². The van der Waals surface area contributed by atoms with Crippen LogP contribution in [0.3, 0.4) is 0 Å². The van der Waals surface area contributed by atoms with Gasteiger partial charge in [0.1, 0.15) is 0 Å². The van der Waals surface area contributed by atoms with Crippen LogP contribution in [0.1, 0.15) is 15.9 Å². The monoisotopic (exact) mass is 508 g/mol. The minimum absolute atomic E-state index is 0.0840. The predicted octanol–water partition coefficient (Wildman–Crippen LogP) is 6.69. The standard InChI is InChI=1S/C26H21ClN2O3S2/c27-21-10-12-23(13-11-21)29-34(31,32)25-16-14-22(15-17-25)28-26(30)20-8-6-19(7-9-20)18-33-24-4-2-1-3-5-24/h1-17,29H,18H2,(H,28,30). The molecule has 172 valence electrons. The average molecular weight is 509 g/mol. The molecule has 4 aromatic rings. The van der Waals surface area contributed by atoms with E-state index in [2.05, 4.69) is 22.2 Å². The van der Waals surface area contributed by atoms with Crippen molar-refractivity contribution in [2.45, 2.75) is 15.5 Å². The lowest BCUT2D eigenvalue weighted by Crippen LogP contribution is -2.14. The lowest BCUT2D eigenvalue weighted by Gasteiger charge is -2.10. The summed E-state index contributed by atoms with van der Waals surface area (Å²) in [4.78, 5) is 13.9. The van der Waals surface area contributed by atoms with Crippen molar-refractivity contribution in [2.75, 3.05) is 10.0 Å². The van der Waals surface area contributed by atoms with Crippen molar-refractivity contribution in [3.8, 4) is 0 Å². The zero-order chi connectivity index (χ0) is 24.0. The molecule has 2 N–H and O–H groups in total. The molecule has 5 nitrogen and oxygen atoms in total. The van der Waals surface area contributed by atoms with Crippen molar-refractivity contribution >= 4 is 50.7 Å². The number of rotatable bonds is 8. The first-order chi connectivity index (χ1) is 16.4. The molecule has 0 aliphatic heterocycles. The van der Waals surface area contributed by atoms with E-state index in [1.54, 1.807) is 60.3 Å². The Bertz CT molecular complexity index is 1360. The number of nitrogens with one attached hydrogen (secondary N) is 2. The van der Waals surface area contributed by atoms with E-state index in [-0.39, 0.29) is 10.8 Å². The molecule has 0 unspecified atom stereocenters. The first-order valence-corrected chi connectivity index (χ1v) is 13.2. The Morgan fingerprint density at radius 3 is 2.03 bits per heavy atom. The molecule has 34 heavy (non-hydrogen) atoms. The van der Waals surface area contributed by atoms with Gasteiger partial charge in [-0.1, -0.05) is 41.9 Å². The van der Waals surface area contributed by atoms with Crippen LogP contribution in [0.5, 0.6) is 0 Å². The number of carbonyl (C=O) groups is 1. The van der Waals surface area contributed by atoms with Crippen molar-refractivity contribution < 1.29 is 13.2 Å². The molecule has 0 aromatic heterocycles. The number of anilines is 2. The van der Waals surface area contributed by atoms with Crippen LogP contribution in [0.25, 0.3) is 0 Å². The zero-order valence-corrected chi connectivity index (χ0v) is 20.3. The van der Waals surface area contributed by atoms with Crippen LogP contribution >= 0.6 is 23.4 Å². The quantitative estimate of drug-likeness (QED) is 0.260. The Labute approximate surface area is 208 Å². The van der Waals surface area contributed by atoms with Gasteiger partial charge in [-0.05, 0) is 78.4 Å². The number of thioether (sulfide) groups is 1. The Morgan fingerprint density at radius 1 is 0.765 bits per heavy atom. The van der Waals surface area contributed by atoms with Gasteiger partial charge in [0.05, 0.1) is 4.90 Å². The van der Waals surface area contributed by atoms with Crippen LogP contribution in [-0.4, -0.2) is 14.3 Å². The number of amides is 1. The fraction of sp³-hybridized carbons (Fsp3) is 0.0385. The SMILES string of the molecule is O=C(Nc1ccc(S(=O)(=O)Nc2ccc(Cl)cc2)cc1)c1ccc(CSc2ccccc2)cc1. The van der Waals surface area contributed by atoms with Gasteiger partial charge in [-0.15, -0.1) is 11.8 Å². The van der Waals surface area contributed by atoms with Crippen molar-refractivity contribution in [2.24, 2.45) is 0 Å². The second kappa shape index (κ2) is 10.8. The molecular formula is C26H21ClN2O3S2. The number of hydrogen-bond acceptors (Lipinski definition) is 4. The molecule has 0 heterocycles. The summed E-state index contributed by atoms with van der Waals surface area (Å²) in [5.74, 6) is 0.545. The van der Waals surface area contributed by atoms with E-state index in [0.717, 1.165) is 11.3 Å². The zero-order valence-electron chi connectivity index (χ0n) is 17.9. The smallest absolute Gasteiger partial charge is 0.261 e. The highest BCUT2D eigenvalue weighted by Crippen LogP contribution is 2.23. The van der Waals surface area contributed by atoms with Gasteiger partial charge in [0.2, 0.25) is 0 Å². The first-order valence-electron chi connectivity index (χ1n) is 10.4. The van der Waals surface area contributed by atoms with Crippen LogP contribution in [-0.2, 0) is 15.8 Å². The van der Waals surface area contributed by atoms with Crippen LogP contribution < -0.4 is 10.0 Å². The number of sulfonamides is 1. The summed E-state index contributed by atoms with van der Waals surface area (Å²) in [5.41, 5.74) is 2.55. The normalized spacial score (nSPS) is 11.1. The van der Waals surface area contributed by atoms with Crippen LogP contribution in [0.4, 0.5) is 11.4 Å². The maximum Gasteiger partial charge on any atom is 0.261 e. The van der Waals surface area contributed by atoms with E-state index in [1.165, 1.54) is 17.0 Å².